The van der Waals surface area contributed by atoms with Crippen molar-refractivity contribution in [2.24, 2.45) is 0 Å². The summed E-state index contributed by atoms with van der Waals surface area (Å²) >= 11 is 3.67. The first-order chi connectivity index (χ1) is 28.7. The Bertz CT molecular complexity index is 3550. The molecule has 4 aromatic heterocycles. The van der Waals surface area contributed by atoms with Crippen LogP contribution in [0.2, 0.25) is 0 Å². The van der Waals surface area contributed by atoms with Crippen LogP contribution in [0.4, 0.5) is 0 Å². The van der Waals surface area contributed by atoms with Crippen LogP contribution in [-0.4, -0.2) is 15.0 Å². The van der Waals surface area contributed by atoms with Gasteiger partial charge < -0.3 is 0 Å². The standard InChI is InChI=1S/C53H31N3S2/c1-3-13-33(14-4-1)42-31-43(55-53(54-42)41-21-12-24-46-48(41)37-17-7-9-22-44(37)57-46)34-27-25-32(26-28-34)36-19-11-20-39-49-40(51(56-52(36)39)35-15-5-2-6-16-35)29-30-47-50(49)38-18-8-10-23-45(38)58-47/h1-31H. The zero-order chi connectivity index (χ0) is 38.2. The lowest BCUT2D eigenvalue weighted by Gasteiger charge is -2.15. The second kappa shape index (κ2) is 13.3. The zero-order valence-corrected chi connectivity index (χ0v) is 32.7. The molecule has 0 aliphatic carbocycles. The van der Waals surface area contributed by atoms with E-state index in [2.05, 4.69) is 182 Å². The lowest BCUT2D eigenvalue weighted by Crippen LogP contribution is -1.96. The van der Waals surface area contributed by atoms with E-state index in [1.807, 2.05) is 28.7 Å². The van der Waals surface area contributed by atoms with E-state index in [0.717, 1.165) is 67.2 Å². The van der Waals surface area contributed by atoms with Crippen molar-refractivity contribution in [3.63, 3.8) is 0 Å². The molecule has 5 heteroatoms. The number of rotatable bonds is 5. The van der Waals surface area contributed by atoms with Crippen molar-refractivity contribution in [2.45, 2.75) is 0 Å². The molecule has 0 fully saturated rings. The van der Waals surface area contributed by atoms with Gasteiger partial charge in [0.25, 0.3) is 0 Å². The number of nitrogens with zero attached hydrogens (tertiary/aromatic N) is 3. The Hall–Kier alpha value is -7.05. The van der Waals surface area contributed by atoms with Gasteiger partial charge in [0.1, 0.15) is 0 Å². The molecule has 270 valence electrons. The smallest absolute Gasteiger partial charge is 0.161 e. The van der Waals surface area contributed by atoms with Crippen LogP contribution < -0.4 is 0 Å². The maximum Gasteiger partial charge on any atom is 0.161 e. The molecule has 0 atom stereocenters. The van der Waals surface area contributed by atoms with E-state index >= 15 is 0 Å². The molecule has 0 saturated heterocycles. The second-order valence-corrected chi connectivity index (χ2v) is 16.8. The first kappa shape index (κ1) is 33.1. The Morgan fingerprint density at radius 3 is 1.57 bits per heavy atom. The van der Waals surface area contributed by atoms with Gasteiger partial charge in [-0.3, -0.25) is 0 Å². The quantitative estimate of drug-likeness (QED) is 0.164. The summed E-state index contributed by atoms with van der Waals surface area (Å²) in [6, 6.07) is 67.0. The molecule has 0 aliphatic rings. The number of benzene rings is 8. The highest BCUT2D eigenvalue weighted by Gasteiger charge is 2.20. The summed E-state index contributed by atoms with van der Waals surface area (Å²) in [5.41, 5.74) is 10.2. The predicted molar refractivity (Wildman–Crippen MR) is 248 cm³/mol. The molecule has 0 aliphatic heterocycles. The van der Waals surface area contributed by atoms with E-state index in [9.17, 15) is 0 Å². The molecule has 58 heavy (non-hydrogen) atoms. The molecular formula is C53H31N3S2. The van der Waals surface area contributed by atoms with Crippen molar-refractivity contribution in [1.82, 2.24) is 15.0 Å². The van der Waals surface area contributed by atoms with Gasteiger partial charge in [0.05, 0.1) is 22.6 Å². The third kappa shape index (κ3) is 5.28. The van der Waals surface area contributed by atoms with Crippen LogP contribution in [-0.2, 0) is 0 Å². The first-order valence-corrected chi connectivity index (χ1v) is 21.1. The van der Waals surface area contributed by atoms with Crippen molar-refractivity contribution in [2.75, 3.05) is 0 Å². The molecule has 0 spiro atoms. The normalized spacial score (nSPS) is 11.8. The number of hydrogen-bond donors (Lipinski definition) is 0. The number of pyridine rings is 1. The monoisotopic (exact) mass is 773 g/mol. The van der Waals surface area contributed by atoms with E-state index in [4.69, 9.17) is 15.0 Å². The Kier molecular flexibility index (Phi) is 7.58. The molecule has 0 N–H and O–H groups in total. The minimum atomic E-state index is 0.723. The fraction of sp³-hybridized carbons (Fsp3) is 0. The topological polar surface area (TPSA) is 38.7 Å². The molecule has 0 bridgehead atoms. The average molecular weight is 774 g/mol. The number of thiophene rings is 2. The Labute approximate surface area is 342 Å². The summed E-state index contributed by atoms with van der Waals surface area (Å²) < 4.78 is 5.09. The fourth-order valence-corrected chi connectivity index (χ4v) is 10.9. The van der Waals surface area contributed by atoms with Crippen molar-refractivity contribution >= 4 is 84.7 Å². The van der Waals surface area contributed by atoms with E-state index in [0.29, 0.717) is 0 Å². The highest BCUT2D eigenvalue weighted by molar-refractivity contribution is 7.26. The van der Waals surface area contributed by atoms with Crippen LogP contribution in [0.15, 0.2) is 188 Å². The Balaban J connectivity index is 1.05. The SMILES string of the molecule is c1ccc(-c2cc(-c3ccc(-c4cccc5c4nc(-c4ccccc4)c4ccc6sc7ccccc7c6c45)cc3)nc(-c3cccc4sc5ccccc5c34)n2)cc1. The van der Waals surface area contributed by atoms with Gasteiger partial charge in [0, 0.05) is 84.3 Å². The summed E-state index contributed by atoms with van der Waals surface area (Å²) in [7, 11) is 0. The summed E-state index contributed by atoms with van der Waals surface area (Å²) in [6.07, 6.45) is 0. The number of para-hydroxylation sites is 1. The molecule has 4 heterocycles. The summed E-state index contributed by atoms with van der Waals surface area (Å²) in [6.45, 7) is 0. The first-order valence-electron chi connectivity index (χ1n) is 19.4. The molecule has 0 saturated carbocycles. The van der Waals surface area contributed by atoms with Gasteiger partial charge in [0.15, 0.2) is 5.82 Å². The van der Waals surface area contributed by atoms with Crippen LogP contribution >= 0.6 is 22.7 Å². The second-order valence-electron chi connectivity index (χ2n) is 14.7. The number of fused-ring (bicyclic) bond motifs is 10. The molecule has 3 nitrogen and oxygen atoms in total. The highest BCUT2D eigenvalue weighted by Crippen LogP contribution is 2.45. The van der Waals surface area contributed by atoms with Gasteiger partial charge in [-0.05, 0) is 35.9 Å². The van der Waals surface area contributed by atoms with Crippen molar-refractivity contribution in [3.8, 4) is 56.3 Å². The molecule has 0 radical (unpaired) electrons. The van der Waals surface area contributed by atoms with Gasteiger partial charge in [-0.15, -0.1) is 22.7 Å². The van der Waals surface area contributed by atoms with Crippen molar-refractivity contribution in [1.29, 1.82) is 0 Å². The molecule has 0 unspecified atom stereocenters. The predicted octanol–water partition coefficient (Wildman–Crippen LogP) is 15.2. The van der Waals surface area contributed by atoms with Gasteiger partial charge in [-0.25, -0.2) is 15.0 Å². The van der Waals surface area contributed by atoms with E-state index < -0.39 is 0 Å². The highest BCUT2D eigenvalue weighted by atomic mass is 32.1. The maximum atomic E-state index is 5.52. The van der Waals surface area contributed by atoms with Gasteiger partial charge in [0.2, 0.25) is 0 Å². The van der Waals surface area contributed by atoms with Crippen molar-refractivity contribution in [3.05, 3.63) is 188 Å². The van der Waals surface area contributed by atoms with Crippen LogP contribution in [0.1, 0.15) is 0 Å². The summed E-state index contributed by atoms with van der Waals surface area (Å²) in [5.74, 6) is 0.723. The molecule has 0 amide bonds. The van der Waals surface area contributed by atoms with Crippen molar-refractivity contribution < 1.29 is 0 Å². The third-order valence-corrected chi connectivity index (χ3v) is 13.6. The molecule has 12 rings (SSSR count). The van der Waals surface area contributed by atoms with Crippen LogP contribution in [0.3, 0.4) is 0 Å². The van der Waals surface area contributed by atoms with Crippen LogP contribution in [0, 0.1) is 0 Å². The van der Waals surface area contributed by atoms with Crippen LogP contribution in [0.25, 0.3) is 118 Å². The van der Waals surface area contributed by atoms with Gasteiger partial charge in [-0.2, -0.15) is 0 Å². The van der Waals surface area contributed by atoms with E-state index in [-0.39, 0.29) is 0 Å². The molecular weight excluding hydrogens is 743 g/mol. The minimum Gasteiger partial charge on any atom is -0.246 e. The zero-order valence-electron chi connectivity index (χ0n) is 31.1. The minimum absolute atomic E-state index is 0.723. The van der Waals surface area contributed by atoms with Gasteiger partial charge in [-0.1, -0.05) is 158 Å². The maximum absolute atomic E-state index is 5.52. The number of aromatic nitrogens is 3. The summed E-state index contributed by atoms with van der Waals surface area (Å²) in [5, 5.41) is 8.61. The Morgan fingerprint density at radius 1 is 0.310 bits per heavy atom. The fourth-order valence-electron chi connectivity index (χ4n) is 8.63. The largest absolute Gasteiger partial charge is 0.246 e. The van der Waals surface area contributed by atoms with E-state index in [1.165, 1.54) is 51.1 Å². The lowest BCUT2D eigenvalue weighted by molar-refractivity contribution is 1.19. The average Bonchev–Trinajstić information content (AvgIpc) is 3.88. The summed E-state index contributed by atoms with van der Waals surface area (Å²) in [4.78, 5) is 16.0. The van der Waals surface area contributed by atoms with Crippen LogP contribution in [0.5, 0.6) is 0 Å². The third-order valence-electron chi connectivity index (χ3n) is 11.3. The lowest BCUT2D eigenvalue weighted by atomic mass is 9.93. The molecule has 12 aromatic rings. The van der Waals surface area contributed by atoms with E-state index in [1.54, 1.807) is 0 Å². The Morgan fingerprint density at radius 2 is 0.845 bits per heavy atom. The number of hydrogen-bond acceptors (Lipinski definition) is 5. The molecule has 8 aromatic carbocycles. The van der Waals surface area contributed by atoms with Gasteiger partial charge >= 0.3 is 0 Å².